The van der Waals surface area contributed by atoms with Gasteiger partial charge in [0.25, 0.3) is 0 Å². The third kappa shape index (κ3) is 6.29. The number of aryl methyl sites for hydroxylation is 1. The van der Waals surface area contributed by atoms with Gasteiger partial charge in [0.1, 0.15) is 0 Å². The Morgan fingerprint density at radius 2 is 1.02 bits per heavy atom. The maximum Gasteiger partial charge on any atom is 0.164 e. The maximum atomic E-state index is 5.18. The Kier molecular flexibility index (Phi) is 8.12. The van der Waals surface area contributed by atoms with E-state index in [-0.39, 0.29) is 0 Å². The van der Waals surface area contributed by atoms with Crippen LogP contribution in [0.1, 0.15) is 5.56 Å². The maximum absolute atomic E-state index is 5.18. The zero-order chi connectivity index (χ0) is 34.1. The van der Waals surface area contributed by atoms with E-state index in [1.54, 1.807) is 23.1 Å². The summed E-state index contributed by atoms with van der Waals surface area (Å²) < 4.78 is 2.37. The van der Waals surface area contributed by atoms with Crippen LogP contribution in [0.2, 0.25) is 0 Å². The molecule has 9 aromatic rings. The molecule has 3 aromatic heterocycles. The van der Waals surface area contributed by atoms with Crippen LogP contribution >= 0.6 is 23.1 Å². The van der Waals surface area contributed by atoms with E-state index in [1.807, 2.05) is 72.9 Å². The second kappa shape index (κ2) is 13.4. The first-order valence-corrected chi connectivity index (χ1v) is 18.3. The number of fused-ring (bicyclic) bond motifs is 3. The fourth-order valence-corrected chi connectivity index (χ4v) is 8.15. The van der Waals surface area contributed by atoms with E-state index in [0.717, 1.165) is 43.3 Å². The summed E-state index contributed by atoms with van der Waals surface area (Å²) in [5.41, 5.74) is 7.04. The fourth-order valence-electron chi connectivity index (χ4n) is 6.11. The molecule has 9 rings (SSSR count). The van der Waals surface area contributed by atoms with Crippen molar-refractivity contribution in [3.63, 3.8) is 0 Å². The fraction of sp³-hybridized carbons (Fsp3) is 0.0227. The van der Waals surface area contributed by atoms with E-state index in [9.17, 15) is 0 Å². The van der Waals surface area contributed by atoms with Gasteiger partial charge in [-0.15, -0.1) is 11.3 Å². The Hall–Kier alpha value is -6.02. The molecule has 0 radical (unpaired) electrons. The van der Waals surface area contributed by atoms with Crippen molar-refractivity contribution >= 4 is 43.3 Å². The SMILES string of the molecule is Cc1ccc(-c2nc(-c3ccc4sc5cc(-c6nc(-c7ccccc7)nc(-c7ccccc7)n6)ccc5c4c3)ncc2Sc2ccccc2)cc1. The highest BCUT2D eigenvalue weighted by Crippen LogP contribution is 2.40. The van der Waals surface area contributed by atoms with Crippen molar-refractivity contribution in [2.75, 3.05) is 0 Å². The molecule has 0 atom stereocenters. The molecule has 51 heavy (non-hydrogen) atoms. The third-order valence-electron chi connectivity index (χ3n) is 8.74. The molecule has 0 saturated carbocycles. The van der Waals surface area contributed by atoms with Crippen molar-refractivity contribution in [1.82, 2.24) is 24.9 Å². The number of thiophene rings is 1. The molecular weight excluding hydrogens is 663 g/mol. The van der Waals surface area contributed by atoms with Crippen LogP contribution in [0.25, 0.3) is 77.0 Å². The molecule has 7 heteroatoms. The lowest BCUT2D eigenvalue weighted by Gasteiger charge is -2.11. The van der Waals surface area contributed by atoms with Gasteiger partial charge in [-0.2, -0.15) is 0 Å². The van der Waals surface area contributed by atoms with Crippen LogP contribution in [0.15, 0.2) is 168 Å². The van der Waals surface area contributed by atoms with Gasteiger partial charge >= 0.3 is 0 Å². The summed E-state index contributed by atoms with van der Waals surface area (Å²) in [7, 11) is 0. The zero-order valence-corrected chi connectivity index (χ0v) is 29.2. The molecule has 0 amide bonds. The van der Waals surface area contributed by atoms with Crippen molar-refractivity contribution in [2.45, 2.75) is 16.7 Å². The number of nitrogens with zero attached hydrogens (tertiary/aromatic N) is 5. The van der Waals surface area contributed by atoms with Gasteiger partial charge in [-0.3, -0.25) is 0 Å². The lowest BCUT2D eigenvalue weighted by Crippen LogP contribution is -1.99. The Balaban J connectivity index is 1.11. The first-order valence-electron chi connectivity index (χ1n) is 16.7. The predicted octanol–water partition coefficient (Wildman–Crippen LogP) is 11.8. The first-order chi connectivity index (χ1) is 25.1. The van der Waals surface area contributed by atoms with Gasteiger partial charge in [0.15, 0.2) is 23.3 Å². The summed E-state index contributed by atoms with van der Waals surface area (Å²) in [6.07, 6.45) is 1.96. The summed E-state index contributed by atoms with van der Waals surface area (Å²) in [5.74, 6) is 2.65. The van der Waals surface area contributed by atoms with Crippen molar-refractivity contribution in [3.05, 3.63) is 163 Å². The molecule has 0 bridgehead atoms. The average Bonchev–Trinajstić information content (AvgIpc) is 3.56. The van der Waals surface area contributed by atoms with Crippen molar-refractivity contribution in [1.29, 1.82) is 0 Å². The molecule has 0 aliphatic carbocycles. The minimum atomic E-state index is 0.647. The van der Waals surface area contributed by atoms with Crippen LogP contribution in [0, 0.1) is 6.92 Å². The van der Waals surface area contributed by atoms with Gasteiger partial charge in [-0.05, 0) is 43.3 Å². The molecule has 3 heterocycles. The topological polar surface area (TPSA) is 64.5 Å². The van der Waals surface area contributed by atoms with Crippen LogP contribution in [-0.4, -0.2) is 24.9 Å². The van der Waals surface area contributed by atoms with Crippen LogP contribution in [0.3, 0.4) is 0 Å². The molecule has 6 aromatic carbocycles. The predicted molar refractivity (Wildman–Crippen MR) is 211 cm³/mol. The van der Waals surface area contributed by atoms with Crippen molar-refractivity contribution in [3.8, 4) is 56.8 Å². The number of aromatic nitrogens is 5. The monoisotopic (exact) mass is 691 g/mol. The highest BCUT2D eigenvalue weighted by molar-refractivity contribution is 7.99. The highest BCUT2D eigenvalue weighted by atomic mass is 32.2. The van der Waals surface area contributed by atoms with Gasteiger partial charge in [0.2, 0.25) is 0 Å². The van der Waals surface area contributed by atoms with Crippen LogP contribution in [0.4, 0.5) is 0 Å². The Bertz CT molecular complexity index is 2600. The van der Waals surface area contributed by atoms with E-state index < -0.39 is 0 Å². The molecule has 5 nitrogen and oxygen atoms in total. The second-order valence-corrected chi connectivity index (χ2v) is 14.4. The standard InChI is InChI=1S/C44H29N5S2/c1-28-17-19-29(20-18-28)40-39(50-34-15-9-4-10-16-34)27-45-41(46-40)32-22-24-37-36(25-32)35-23-21-33(26-38(35)51-37)44-48-42(30-11-5-2-6-12-30)47-43(49-44)31-13-7-3-8-14-31/h2-27H,1H3. The lowest BCUT2D eigenvalue weighted by molar-refractivity contribution is 1.07. The van der Waals surface area contributed by atoms with Crippen LogP contribution in [0.5, 0.6) is 0 Å². The number of benzene rings is 6. The van der Waals surface area contributed by atoms with Gasteiger partial charge in [-0.1, -0.05) is 133 Å². The minimum Gasteiger partial charge on any atom is -0.235 e. The molecule has 242 valence electrons. The molecule has 0 fully saturated rings. The van der Waals surface area contributed by atoms with E-state index in [0.29, 0.717) is 23.3 Å². The summed E-state index contributed by atoms with van der Waals surface area (Å²) in [4.78, 5) is 27.0. The average molecular weight is 692 g/mol. The summed E-state index contributed by atoms with van der Waals surface area (Å²) in [5, 5.41) is 2.35. The molecule has 0 spiro atoms. The molecule has 0 unspecified atom stereocenters. The molecule has 0 aliphatic heterocycles. The normalized spacial score (nSPS) is 11.3. The second-order valence-electron chi connectivity index (χ2n) is 12.2. The van der Waals surface area contributed by atoms with Crippen molar-refractivity contribution in [2.24, 2.45) is 0 Å². The van der Waals surface area contributed by atoms with E-state index in [4.69, 9.17) is 24.9 Å². The van der Waals surface area contributed by atoms with Gasteiger partial charge in [0, 0.05) is 59.1 Å². The number of hydrogen-bond acceptors (Lipinski definition) is 7. The van der Waals surface area contributed by atoms with E-state index in [2.05, 4.69) is 91.9 Å². The minimum absolute atomic E-state index is 0.647. The molecule has 0 N–H and O–H groups in total. The first kappa shape index (κ1) is 31.0. The molecule has 0 saturated heterocycles. The Morgan fingerprint density at radius 3 is 1.69 bits per heavy atom. The summed E-state index contributed by atoms with van der Waals surface area (Å²) >= 11 is 3.45. The molecular formula is C44H29N5S2. The van der Waals surface area contributed by atoms with E-state index in [1.165, 1.54) is 25.7 Å². The van der Waals surface area contributed by atoms with Crippen molar-refractivity contribution < 1.29 is 0 Å². The number of hydrogen-bond donors (Lipinski definition) is 0. The van der Waals surface area contributed by atoms with E-state index >= 15 is 0 Å². The van der Waals surface area contributed by atoms with Crippen LogP contribution in [-0.2, 0) is 0 Å². The summed E-state index contributed by atoms with van der Waals surface area (Å²) in [6, 6.07) is 52.1. The summed E-state index contributed by atoms with van der Waals surface area (Å²) in [6.45, 7) is 2.10. The lowest BCUT2D eigenvalue weighted by atomic mass is 10.1. The van der Waals surface area contributed by atoms with Gasteiger partial charge in [-0.25, -0.2) is 24.9 Å². The number of rotatable bonds is 7. The largest absolute Gasteiger partial charge is 0.235 e. The smallest absolute Gasteiger partial charge is 0.164 e. The third-order valence-corrected chi connectivity index (χ3v) is 10.9. The Morgan fingerprint density at radius 1 is 0.451 bits per heavy atom. The van der Waals surface area contributed by atoms with Gasteiger partial charge < -0.3 is 0 Å². The van der Waals surface area contributed by atoms with Gasteiger partial charge in [0.05, 0.1) is 10.6 Å². The quantitative estimate of drug-likeness (QED) is 0.166. The van der Waals surface area contributed by atoms with Crippen LogP contribution < -0.4 is 0 Å². The molecule has 0 aliphatic rings. The Labute approximate surface area is 303 Å². The highest BCUT2D eigenvalue weighted by Gasteiger charge is 2.16. The zero-order valence-electron chi connectivity index (χ0n) is 27.6.